The molecular weight excluding hydrogens is 266 g/mol. The van der Waals surface area contributed by atoms with E-state index in [9.17, 15) is 4.79 Å². The van der Waals surface area contributed by atoms with Crippen molar-refractivity contribution in [3.63, 3.8) is 0 Å². The molecule has 0 saturated heterocycles. The Kier molecular flexibility index (Phi) is 5.17. The molecule has 0 saturated carbocycles. The number of carbonyl (C=O) groups is 1. The van der Waals surface area contributed by atoms with Gasteiger partial charge in [-0.05, 0) is 30.7 Å². The number of carbonyl (C=O) groups excluding carboxylic acids is 1. The summed E-state index contributed by atoms with van der Waals surface area (Å²) in [5, 5.41) is 2.09. The van der Waals surface area contributed by atoms with Crippen LogP contribution in [0.2, 0.25) is 0 Å². The van der Waals surface area contributed by atoms with E-state index < -0.39 is 6.04 Å². The first-order valence-corrected chi connectivity index (χ1v) is 7.23. The SMILES string of the molecule is CCOC(=O)C[C@@H](N)c1c(OCC)ccc2ccccc12. The lowest BCUT2D eigenvalue weighted by molar-refractivity contribution is -0.143. The fourth-order valence-electron chi connectivity index (χ4n) is 2.44. The minimum atomic E-state index is -0.448. The van der Waals surface area contributed by atoms with Gasteiger partial charge in [0.1, 0.15) is 5.75 Å². The van der Waals surface area contributed by atoms with Gasteiger partial charge < -0.3 is 15.2 Å². The molecule has 2 rings (SSSR count). The van der Waals surface area contributed by atoms with Gasteiger partial charge in [0.05, 0.1) is 19.6 Å². The normalized spacial score (nSPS) is 12.1. The fraction of sp³-hybridized carbons (Fsp3) is 0.353. The number of esters is 1. The van der Waals surface area contributed by atoms with Gasteiger partial charge in [-0.1, -0.05) is 30.3 Å². The fourth-order valence-corrected chi connectivity index (χ4v) is 2.44. The third-order valence-corrected chi connectivity index (χ3v) is 3.29. The van der Waals surface area contributed by atoms with Crippen LogP contribution in [0.4, 0.5) is 0 Å². The van der Waals surface area contributed by atoms with E-state index in [4.69, 9.17) is 15.2 Å². The molecule has 0 aliphatic carbocycles. The van der Waals surface area contributed by atoms with Crippen molar-refractivity contribution in [3.05, 3.63) is 42.0 Å². The minimum absolute atomic E-state index is 0.141. The smallest absolute Gasteiger partial charge is 0.307 e. The summed E-state index contributed by atoms with van der Waals surface area (Å²) < 4.78 is 10.7. The summed E-state index contributed by atoms with van der Waals surface area (Å²) in [5.74, 6) is 0.438. The Bertz CT molecular complexity index is 624. The van der Waals surface area contributed by atoms with Crippen LogP contribution < -0.4 is 10.5 Å². The number of rotatable bonds is 6. The lowest BCUT2D eigenvalue weighted by Gasteiger charge is -2.18. The highest BCUT2D eigenvalue weighted by molar-refractivity contribution is 5.88. The summed E-state index contributed by atoms with van der Waals surface area (Å²) in [7, 11) is 0. The molecule has 2 aromatic carbocycles. The molecule has 112 valence electrons. The molecular formula is C17H21NO3. The van der Waals surface area contributed by atoms with Crippen LogP contribution in [0.5, 0.6) is 5.75 Å². The monoisotopic (exact) mass is 287 g/mol. The largest absolute Gasteiger partial charge is 0.494 e. The Hall–Kier alpha value is -2.07. The van der Waals surface area contributed by atoms with E-state index in [0.29, 0.717) is 13.2 Å². The Morgan fingerprint density at radius 3 is 2.62 bits per heavy atom. The van der Waals surface area contributed by atoms with Gasteiger partial charge in [0.15, 0.2) is 0 Å². The third-order valence-electron chi connectivity index (χ3n) is 3.29. The summed E-state index contributed by atoms with van der Waals surface area (Å²) in [6, 6.07) is 11.4. The van der Waals surface area contributed by atoms with E-state index in [0.717, 1.165) is 22.1 Å². The van der Waals surface area contributed by atoms with Crippen molar-refractivity contribution in [1.82, 2.24) is 0 Å². The van der Waals surface area contributed by atoms with Gasteiger partial charge in [-0.25, -0.2) is 0 Å². The van der Waals surface area contributed by atoms with Crippen molar-refractivity contribution >= 4 is 16.7 Å². The first-order chi connectivity index (χ1) is 10.2. The summed E-state index contributed by atoms with van der Waals surface area (Å²) in [6.07, 6.45) is 0.141. The molecule has 2 N–H and O–H groups in total. The maximum absolute atomic E-state index is 11.7. The molecule has 0 aliphatic heterocycles. The van der Waals surface area contributed by atoms with Gasteiger partial charge in [-0.2, -0.15) is 0 Å². The zero-order valence-corrected chi connectivity index (χ0v) is 12.5. The maximum atomic E-state index is 11.7. The molecule has 1 atom stereocenters. The van der Waals surface area contributed by atoms with Gasteiger partial charge in [0.2, 0.25) is 0 Å². The molecule has 0 aliphatic rings. The number of benzene rings is 2. The molecule has 0 bridgehead atoms. The van der Waals surface area contributed by atoms with Crippen LogP contribution in [0.25, 0.3) is 10.8 Å². The van der Waals surface area contributed by atoms with E-state index in [1.165, 1.54) is 0 Å². The maximum Gasteiger partial charge on any atom is 0.307 e. The highest BCUT2D eigenvalue weighted by Crippen LogP contribution is 2.33. The van der Waals surface area contributed by atoms with Gasteiger partial charge in [-0.3, -0.25) is 4.79 Å². The number of nitrogens with two attached hydrogens (primary N) is 1. The van der Waals surface area contributed by atoms with Crippen molar-refractivity contribution in [2.24, 2.45) is 5.73 Å². The van der Waals surface area contributed by atoms with Crippen molar-refractivity contribution in [1.29, 1.82) is 0 Å². The first-order valence-electron chi connectivity index (χ1n) is 7.23. The molecule has 0 heterocycles. The second-order valence-electron chi connectivity index (χ2n) is 4.75. The molecule has 0 amide bonds. The minimum Gasteiger partial charge on any atom is -0.494 e. The zero-order valence-electron chi connectivity index (χ0n) is 12.5. The van der Waals surface area contributed by atoms with E-state index in [-0.39, 0.29) is 12.4 Å². The predicted octanol–water partition coefficient (Wildman–Crippen LogP) is 3.19. The first kappa shape index (κ1) is 15.3. The molecule has 0 radical (unpaired) electrons. The van der Waals surface area contributed by atoms with Crippen LogP contribution in [0.15, 0.2) is 36.4 Å². The van der Waals surface area contributed by atoms with Crippen molar-refractivity contribution in [3.8, 4) is 5.75 Å². The van der Waals surface area contributed by atoms with Crippen molar-refractivity contribution < 1.29 is 14.3 Å². The highest BCUT2D eigenvalue weighted by atomic mass is 16.5. The molecule has 0 unspecified atom stereocenters. The Morgan fingerprint density at radius 1 is 1.14 bits per heavy atom. The van der Waals surface area contributed by atoms with E-state index in [1.807, 2.05) is 43.3 Å². The van der Waals surface area contributed by atoms with Gasteiger partial charge >= 0.3 is 5.97 Å². The zero-order chi connectivity index (χ0) is 15.2. The standard InChI is InChI=1S/C17H21NO3/c1-3-20-15-10-9-12-7-5-6-8-13(12)17(15)14(18)11-16(19)21-4-2/h5-10,14H,3-4,11,18H2,1-2H3/t14-/m1/s1. The van der Waals surface area contributed by atoms with Crippen LogP contribution in [0, 0.1) is 0 Å². The Labute approximate surface area is 124 Å². The predicted molar refractivity (Wildman–Crippen MR) is 83.3 cm³/mol. The Morgan fingerprint density at radius 2 is 1.90 bits per heavy atom. The lowest BCUT2D eigenvalue weighted by Crippen LogP contribution is -2.18. The van der Waals surface area contributed by atoms with Crippen LogP contribution in [0.3, 0.4) is 0 Å². The van der Waals surface area contributed by atoms with Crippen molar-refractivity contribution in [2.45, 2.75) is 26.3 Å². The number of ether oxygens (including phenoxy) is 2. The van der Waals surface area contributed by atoms with Crippen LogP contribution in [0.1, 0.15) is 31.9 Å². The van der Waals surface area contributed by atoms with E-state index in [2.05, 4.69) is 0 Å². The summed E-state index contributed by atoms with van der Waals surface area (Å²) >= 11 is 0. The van der Waals surface area contributed by atoms with Crippen LogP contribution >= 0.6 is 0 Å². The summed E-state index contributed by atoms with van der Waals surface area (Å²) in [5.41, 5.74) is 7.11. The second kappa shape index (κ2) is 7.09. The van der Waals surface area contributed by atoms with E-state index >= 15 is 0 Å². The number of hydrogen-bond donors (Lipinski definition) is 1. The molecule has 0 fully saturated rings. The summed E-state index contributed by atoms with van der Waals surface area (Å²) in [4.78, 5) is 11.7. The average molecular weight is 287 g/mol. The van der Waals surface area contributed by atoms with Crippen LogP contribution in [-0.4, -0.2) is 19.2 Å². The summed E-state index contributed by atoms with van der Waals surface area (Å²) in [6.45, 7) is 4.62. The van der Waals surface area contributed by atoms with Gasteiger partial charge in [-0.15, -0.1) is 0 Å². The highest BCUT2D eigenvalue weighted by Gasteiger charge is 2.19. The molecule has 4 nitrogen and oxygen atoms in total. The van der Waals surface area contributed by atoms with Crippen LogP contribution in [-0.2, 0) is 9.53 Å². The average Bonchev–Trinajstić information content (AvgIpc) is 2.47. The molecule has 0 spiro atoms. The van der Waals surface area contributed by atoms with Crippen molar-refractivity contribution in [2.75, 3.05) is 13.2 Å². The number of hydrogen-bond acceptors (Lipinski definition) is 4. The molecule has 21 heavy (non-hydrogen) atoms. The molecule has 2 aromatic rings. The lowest BCUT2D eigenvalue weighted by atomic mass is 9.96. The second-order valence-corrected chi connectivity index (χ2v) is 4.75. The number of fused-ring (bicyclic) bond motifs is 1. The van der Waals surface area contributed by atoms with E-state index in [1.54, 1.807) is 6.92 Å². The Balaban J connectivity index is 2.42. The molecule has 0 aromatic heterocycles. The van der Waals surface area contributed by atoms with Gasteiger partial charge in [0, 0.05) is 11.6 Å². The topological polar surface area (TPSA) is 61.5 Å². The third kappa shape index (κ3) is 3.52. The quantitative estimate of drug-likeness (QED) is 0.829. The molecule has 4 heteroatoms. The van der Waals surface area contributed by atoms with Gasteiger partial charge in [0.25, 0.3) is 0 Å².